The van der Waals surface area contributed by atoms with Gasteiger partial charge in [0.1, 0.15) is 5.75 Å². The number of carbonyl (C=O) groups is 2. The minimum absolute atomic E-state index is 0.0861. The average molecular weight is 330 g/mol. The van der Waals surface area contributed by atoms with E-state index in [1.807, 2.05) is 24.3 Å². The molecule has 1 heterocycles. The van der Waals surface area contributed by atoms with Gasteiger partial charge < -0.3 is 15.0 Å². The van der Waals surface area contributed by atoms with E-state index in [4.69, 9.17) is 4.74 Å². The minimum atomic E-state index is -0.144. The van der Waals surface area contributed by atoms with E-state index in [2.05, 4.69) is 5.32 Å². The Bertz CT molecular complexity index is 564. The summed E-state index contributed by atoms with van der Waals surface area (Å²) in [7, 11) is 0. The van der Waals surface area contributed by atoms with Gasteiger partial charge >= 0.3 is 0 Å². The second-order valence-electron chi connectivity index (χ2n) is 6.72. The first-order chi connectivity index (χ1) is 11.7. The van der Waals surface area contributed by atoms with Crippen LogP contribution in [-0.4, -0.2) is 35.9 Å². The summed E-state index contributed by atoms with van der Waals surface area (Å²) >= 11 is 0. The molecule has 5 heteroatoms. The Kier molecular flexibility index (Phi) is 5.72. The van der Waals surface area contributed by atoms with Crippen molar-refractivity contribution in [2.24, 2.45) is 0 Å². The standard InChI is InChI=1S/C19H26N2O3/c22-18(14-21-13-5-1-2-8-19(21)23)20-15-9-11-17(12-10-15)24-16-6-3-4-7-16/h9-12,16H,1-8,13-14H2,(H,20,22). The lowest BCUT2D eigenvalue weighted by Gasteiger charge is -2.20. The Morgan fingerprint density at radius 3 is 2.58 bits per heavy atom. The molecule has 2 aliphatic rings. The minimum Gasteiger partial charge on any atom is -0.490 e. The predicted molar refractivity (Wildman–Crippen MR) is 93.0 cm³/mol. The second kappa shape index (κ2) is 8.18. The molecule has 1 aromatic rings. The van der Waals surface area contributed by atoms with Crippen LogP contribution in [0.1, 0.15) is 51.4 Å². The SMILES string of the molecule is O=C(CN1CCCCCC1=O)Nc1ccc(OC2CCCC2)cc1. The number of carbonyl (C=O) groups excluding carboxylic acids is 2. The van der Waals surface area contributed by atoms with Crippen LogP contribution in [0.25, 0.3) is 0 Å². The molecule has 130 valence electrons. The van der Waals surface area contributed by atoms with E-state index in [1.54, 1.807) is 4.90 Å². The molecule has 2 amide bonds. The van der Waals surface area contributed by atoms with Gasteiger partial charge in [0.2, 0.25) is 11.8 Å². The van der Waals surface area contributed by atoms with Gasteiger partial charge in [0, 0.05) is 18.7 Å². The number of nitrogens with zero attached hydrogens (tertiary/aromatic N) is 1. The van der Waals surface area contributed by atoms with E-state index >= 15 is 0 Å². The maximum Gasteiger partial charge on any atom is 0.243 e. The van der Waals surface area contributed by atoms with Crippen LogP contribution < -0.4 is 10.1 Å². The first-order valence-corrected chi connectivity index (χ1v) is 9.05. The summed E-state index contributed by atoms with van der Waals surface area (Å²) < 4.78 is 5.92. The monoisotopic (exact) mass is 330 g/mol. The lowest BCUT2D eigenvalue weighted by atomic mass is 10.2. The highest BCUT2D eigenvalue weighted by Gasteiger charge is 2.19. The third-order valence-corrected chi connectivity index (χ3v) is 4.75. The van der Waals surface area contributed by atoms with Gasteiger partial charge in [-0.05, 0) is 62.8 Å². The fraction of sp³-hybridized carbons (Fsp3) is 0.579. The highest BCUT2D eigenvalue weighted by molar-refractivity contribution is 5.94. The molecule has 0 aromatic heterocycles. The summed E-state index contributed by atoms with van der Waals surface area (Å²) in [6.07, 6.45) is 8.60. The quantitative estimate of drug-likeness (QED) is 0.901. The predicted octanol–water partition coefficient (Wildman–Crippen LogP) is 3.35. The lowest BCUT2D eigenvalue weighted by Crippen LogP contribution is -2.37. The van der Waals surface area contributed by atoms with Crippen LogP contribution in [0.4, 0.5) is 5.69 Å². The highest BCUT2D eigenvalue weighted by atomic mass is 16.5. The van der Waals surface area contributed by atoms with E-state index in [-0.39, 0.29) is 18.4 Å². The van der Waals surface area contributed by atoms with Gasteiger partial charge in [0.05, 0.1) is 12.6 Å². The van der Waals surface area contributed by atoms with Crippen molar-refractivity contribution in [2.45, 2.75) is 57.5 Å². The van der Waals surface area contributed by atoms with Crippen molar-refractivity contribution in [3.05, 3.63) is 24.3 Å². The molecule has 1 saturated carbocycles. The summed E-state index contributed by atoms with van der Waals surface area (Å²) in [5, 5.41) is 2.86. The molecule has 0 atom stereocenters. The number of hydrogen-bond acceptors (Lipinski definition) is 3. The molecule has 0 bridgehead atoms. The Hall–Kier alpha value is -2.04. The Balaban J connectivity index is 1.49. The smallest absolute Gasteiger partial charge is 0.243 e. The number of rotatable bonds is 5. The van der Waals surface area contributed by atoms with Gasteiger partial charge in [-0.25, -0.2) is 0 Å². The van der Waals surface area contributed by atoms with Crippen LogP contribution in [0.2, 0.25) is 0 Å². The average Bonchev–Trinajstić information content (AvgIpc) is 3.00. The Morgan fingerprint density at radius 2 is 1.83 bits per heavy atom. The number of nitrogens with one attached hydrogen (secondary N) is 1. The van der Waals surface area contributed by atoms with E-state index in [9.17, 15) is 9.59 Å². The highest BCUT2D eigenvalue weighted by Crippen LogP contribution is 2.25. The molecule has 5 nitrogen and oxygen atoms in total. The third kappa shape index (κ3) is 4.73. The first kappa shape index (κ1) is 16.8. The van der Waals surface area contributed by atoms with Crippen molar-refractivity contribution in [1.82, 2.24) is 4.90 Å². The van der Waals surface area contributed by atoms with Crippen molar-refractivity contribution < 1.29 is 14.3 Å². The number of benzene rings is 1. The van der Waals surface area contributed by atoms with Crippen molar-refractivity contribution in [3.63, 3.8) is 0 Å². The Labute approximate surface area is 143 Å². The van der Waals surface area contributed by atoms with Gasteiger partial charge in [-0.3, -0.25) is 9.59 Å². The van der Waals surface area contributed by atoms with Gasteiger partial charge in [-0.1, -0.05) is 6.42 Å². The van der Waals surface area contributed by atoms with Crippen molar-refractivity contribution in [2.75, 3.05) is 18.4 Å². The molecule has 2 fully saturated rings. The molecule has 0 spiro atoms. The topological polar surface area (TPSA) is 58.6 Å². The van der Waals surface area contributed by atoms with Crippen LogP contribution in [0, 0.1) is 0 Å². The summed E-state index contributed by atoms with van der Waals surface area (Å²) in [6, 6.07) is 7.49. The molecule has 1 aromatic carbocycles. The summed E-state index contributed by atoms with van der Waals surface area (Å²) in [5.74, 6) is 0.792. The fourth-order valence-corrected chi connectivity index (χ4v) is 3.40. The second-order valence-corrected chi connectivity index (χ2v) is 6.72. The number of ether oxygens (including phenoxy) is 1. The van der Waals surface area contributed by atoms with E-state index in [1.165, 1.54) is 12.8 Å². The molecule has 1 saturated heterocycles. The maximum atomic E-state index is 12.2. The van der Waals surface area contributed by atoms with Crippen LogP contribution in [0.5, 0.6) is 5.75 Å². The van der Waals surface area contributed by atoms with Crippen LogP contribution >= 0.6 is 0 Å². The van der Waals surface area contributed by atoms with E-state index < -0.39 is 0 Å². The van der Waals surface area contributed by atoms with Gasteiger partial charge in [0.15, 0.2) is 0 Å². The van der Waals surface area contributed by atoms with Gasteiger partial charge in [-0.2, -0.15) is 0 Å². The van der Waals surface area contributed by atoms with Crippen LogP contribution in [0.3, 0.4) is 0 Å². The van der Waals surface area contributed by atoms with Gasteiger partial charge in [-0.15, -0.1) is 0 Å². The van der Waals surface area contributed by atoms with Crippen LogP contribution in [-0.2, 0) is 9.59 Å². The van der Waals surface area contributed by atoms with Crippen molar-refractivity contribution >= 4 is 17.5 Å². The number of amides is 2. The molecule has 1 aliphatic carbocycles. The largest absolute Gasteiger partial charge is 0.490 e. The fourth-order valence-electron chi connectivity index (χ4n) is 3.40. The molecule has 0 unspecified atom stereocenters. The third-order valence-electron chi connectivity index (χ3n) is 4.75. The molecular weight excluding hydrogens is 304 g/mol. The van der Waals surface area contributed by atoms with E-state index in [0.29, 0.717) is 19.1 Å². The molecule has 24 heavy (non-hydrogen) atoms. The maximum absolute atomic E-state index is 12.2. The molecule has 1 aliphatic heterocycles. The zero-order valence-corrected chi connectivity index (χ0v) is 14.1. The lowest BCUT2D eigenvalue weighted by molar-refractivity contribution is -0.134. The molecule has 1 N–H and O–H groups in total. The normalized spacial score (nSPS) is 19.2. The summed E-state index contributed by atoms with van der Waals surface area (Å²) in [4.78, 5) is 25.8. The molecular formula is C19H26N2O3. The number of hydrogen-bond donors (Lipinski definition) is 1. The van der Waals surface area contributed by atoms with Crippen LogP contribution in [0.15, 0.2) is 24.3 Å². The summed E-state index contributed by atoms with van der Waals surface area (Å²) in [5.41, 5.74) is 0.737. The van der Waals surface area contributed by atoms with E-state index in [0.717, 1.165) is 43.5 Å². The van der Waals surface area contributed by atoms with Crippen molar-refractivity contribution in [1.29, 1.82) is 0 Å². The first-order valence-electron chi connectivity index (χ1n) is 9.05. The molecule has 3 rings (SSSR count). The van der Waals surface area contributed by atoms with Gasteiger partial charge in [0.25, 0.3) is 0 Å². The number of anilines is 1. The summed E-state index contributed by atoms with van der Waals surface area (Å²) in [6.45, 7) is 0.819. The zero-order chi connectivity index (χ0) is 16.8. The Morgan fingerprint density at radius 1 is 1.08 bits per heavy atom. The molecule has 0 radical (unpaired) electrons. The number of likely N-dealkylation sites (tertiary alicyclic amines) is 1. The van der Waals surface area contributed by atoms with Crippen molar-refractivity contribution in [3.8, 4) is 5.75 Å². The zero-order valence-electron chi connectivity index (χ0n) is 14.1.